The number of hydrogen-bond donors (Lipinski definition) is 1. The largest absolute Gasteiger partial charge is 0.507 e. The number of rotatable bonds is 4. The van der Waals surface area contributed by atoms with Crippen molar-refractivity contribution < 1.29 is 28.6 Å². The highest BCUT2D eigenvalue weighted by molar-refractivity contribution is 7.17. The average Bonchev–Trinajstić information content (AvgIpc) is 3.30. The van der Waals surface area contributed by atoms with Crippen molar-refractivity contribution in [2.75, 3.05) is 12.0 Å². The lowest BCUT2D eigenvalue weighted by molar-refractivity contribution is -0.132. The Kier molecular flexibility index (Phi) is 6.01. The van der Waals surface area contributed by atoms with Crippen LogP contribution in [0.5, 0.6) is 0 Å². The zero-order valence-corrected chi connectivity index (χ0v) is 18.9. The molecule has 1 saturated heterocycles. The fraction of sp³-hybridized carbons (Fsp3) is 0.130. The molecule has 4 rings (SSSR count). The van der Waals surface area contributed by atoms with Crippen LogP contribution in [0.15, 0.2) is 54.1 Å². The van der Waals surface area contributed by atoms with E-state index in [1.165, 1.54) is 19.2 Å². The molecule has 0 unspecified atom stereocenters. The Labute approximate surface area is 196 Å². The van der Waals surface area contributed by atoms with Gasteiger partial charge in [0.25, 0.3) is 5.78 Å². The summed E-state index contributed by atoms with van der Waals surface area (Å²) in [5.41, 5.74) is 0.721. The number of esters is 1. The standard InChI is InChI=1S/C23H16ClFN2O5S/c1-11-20(22(31)32-2)33-23(26-11)27-17(13-4-3-5-14(24)10-13)16(19(29)21(27)30)18(28)12-6-8-15(25)9-7-12/h3-10,17,28H,1-2H3/t17-/m1/s1. The Bertz CT molecular complexity index is 1320. The first-order valence-electron chi connectivity index (χ1n) is 9.61. The van der Waals surface area contributed by atoms with Crippen molar-refractivity contribution in [3.8, 4) is 0 Å². The molecule has 1 aromatic heterocycles. The molecule has 0 spiro atoms. The molecular weight excluding hydrogens is 471 g/mol. The molecule has 1 amide bonds. The van der Waals surface area contributed by atoms with E-state index in [9.17, 15) is 23.9 Å². The molecule has 7 nitrogen and oxygen atoms in total. The SMILES string of the molecule is COC(=O)c1sc(N2C(=O)C(=O)C(=C(O)c3ccc(F)cc3)[C@H]2c2cccc(Cl)c2)nc1C. The average molecular weight is 487 g/mol. The van der Waals surface area contributed by atoms with Crippen LogP contribution in [0.3, 0.4) is 0 Å². The first-order chi connectivity index (χ1) is 15.7. The number of ether oxygens (including phenoxy) is 1. The van der Waals surface area contributed by atoms with E-state index in [0.717, 1.165) is 28.4 Å². The molecule has 0 aliphatic carbocycles. The van der Waals surface area contributed by atoms with Gasteiger partial charge in [-0.25, -0.2) is 14.2 Å². The number of Topliss-reactive ketones (excluding diaryl/α,β-unsaturated/α-hetero) is 1. The van der Waals surface area contributed by atoms with Crippen molar-refractivity contribution in [1.82, 2.24) is 4.98 Å². The summed E-state index contributed by atoms with van der Waals surface area (Å²) in [4.78, 5) is 43.9. The van der Waals surface area contributed by atoms with Crippen LogP contribution in [0.25, 0.3) is 5.76 Å². The van der Waals surface area contributed by atoms with Gasteiger partial charge in [-0.1, -0.05) is 35.1 Å². The summed E-state index contributed by atoms with van der Waals surface area (Å²) in [7, 11) is 1.22. The van der Waals surface area contributed by atoms with E-state index < -0.39 is 35.3 Å². The number of thiazole rings is 1. The molecule has 33 heavy (non-hydrogen) atoms. The van der Waals surface area contributed by atoms with E-state index >= 15 is 0 Å². The number of carbonyl (C=O) groups excluding carboxylic acids is 3. The monoisotopic (exact) mass is 486 g/mol. The Morgan fingerprint density at radius 2 is 1.91 bits per heavy atom. The number of hydrogen-bond acceptors (Lipinski definition) is 7. The molecular formula is C23H16ClFN2O5S. The molecule has 1 aliphatic rings. The van der Waals surface area contributed by atoms with Crippen LogP contribution < -0.4 is 4.90 Å². The summed E-state index contributed by atoms with van der Waals surface area (Å²) in [6.45, 7) is 1.58. The first kappa shape index (κ1) is 22.6. The number of nitrogens with zero attached hydrogens (tertiary/aromatic N) is 2. The second-order valence-electron chi connectivity index (χ2n) is 7.13. The molecule has 1 N–H and O–H groups in total. The van der Waals surface area contributed by atoms with E-state index in [1.807, 2.05) is 0 Å². The fourth-order valence-electron chi connectivity index (χ4n) is 3.55. The number of halogens is 2. The van der Waals surface area contributed by atoms with Crippen LogP contribution >= 0.6 is 22.9 Å². The van der Waals surface area contributed by atoms with Gasteiger partial charge in [0, 0.05) is 10.6 Å². The summed E-state index contributed by atoms with van der Waals surface area (Å²) in [5, 5.41) is 11.4. The number of anilines is 1. The second kappa shape index (κ2) is 8.76. The quantitative estimate of drug-likeness (QED) is 0.249. The van der Waals surface area contributed by atoms with Crippen LogP contribution in [-0.2, 0) is 14.3 Å². The number of ketones is 1. The third-order valence-electron chi connectivity index (χ3n) is 5.09. The number of aliphatic hydroxyl groups excluding tert-OH is 1. The molecule has 168 valence electrons. The minimum absolute atomic E-state index is 0.0816. The van der Waals surface area contributed by atoms with Crippen LogP contribution in [0, 0.1) is 12.7 Å². The predicted octanol–water partition coefficient (Wildman–Crippen LogP) is 4.66. The summed E-state index contributed by atoms with van der Waals surface area (Å²) < 4.78 is 18.1. The molecule has 1 atom stereocenters. The van der Waals surface area contributed by atoms with Crippen LogP contribution in [0.1, 0.15) is 32.5 Å². The smallest absolute Gasteiger partial charge is 0.350 e. The summed E-state index contributed by atoms with van der Waals surface area (Å²) in [6, 6.07) is 10.3. The third kappa shape index (κ3) is 4.01. The Hall–Kier alpha value is -3.56. The Balaban J connectivity index is 1.94. The van der Waals surface area contributed by atoms with Crippen LogP contribution in [-0.4, -0.2) is 34.9 Å². The topological polar surface area (TPSA) is 96.8 Å². The van der Waals surface area contributed by atoms with Gasteiger partial charge in [-0.3, -0.25) is 14.5 Å². The van der Waals surface area contributed by atoms with Gasteiger partial charge in [0.2, 0.25) is 0 Å². The van der Waals surface area contributed by atoms with E-state index in [1.54, 1.807) is 31.2 Å². The van der Waals surface area contributed by atoms with Gasteiger partial charge in [-0.05, 0) is 48.9 Å². The molecule has 10 heteroatoms. The molecule has 0 saturated carbocycles. The number of carbonyl (C=O) groups is 3. The van der Waals surface area contributed by atoms with Gasteiger partial charge in [0.05, 0.1) is 24.4 Å². The maximum absolute atomic E-state index is 13.4. The molecule has 1 aliphatic heterocycles. The summed E-state index contributed by atoms with van der Waals surface area (Å²) in [6.07, 6.45) is 0. The normalized spacial score (nSPS) is 17.5. The number of aryl methyl sites for hydroxylation is 1. The summed E-state index contributed by atoms with van der Waals surface area (Å²) >= 11 is 7.05. The third-order valence-corrected chi connectivity index (χ3v) is 6.46. The zero-order chi connectivity index (χ0) is 23.9. The van der Waals surface area contributed by atoms with Gasteiger partial charge in [-0.15, -0.1) is 0 Å². The Morgan fingerprint density at radius 3 is 2.55 bits per heavy atom. The molecule has 2 aromatic carbocycles. The lowest BCUT2D eigenvalue weighted by Gasteiger charge is -2.23. The summed E-state index contributed by atoms with van der Waals surface area (Å²) in [5.74, 6) is -3.50. The number of benzene rings is 2. The lowest BCUT2D eigenvalue weighted by atomic mass is 9.95. The van der Waals surface area contributed by atoms with Gasteiger partial charge < -0.3 is 9.84 Å². The number of aliphatic hydroxyl groups is 1. The molecule has 1 fully saturated rings. The number of aromatic nitrogens is 1. The van der Waals surface area contributed by atoms with Crippen molar-refractivity contribution in [1.29, 1.82) is 0 Å². The van der Waals surface area contributed by atoms with E-state index in [4.69, 9.17) is 16.3 Å². The predicted molar refractivity (Wildman–Crippen MR) is 121 cm³/mol. The van der Waals surface area contributed by atoms with Crippen molar-refractivity contribution >= 4 is 51.5 Å². The minimum Gasteiger partial charge on any atom is -0.507 e. The van der Waals surface area contributed by atoms with E-state index in [0.29, 0.717) is 16.3 Å². The maximum atomic E-state index is 13.4. The van der Waals surface area contributed by atoms with Gasteiger partial charge >= 0.3 is 11.9 Å². The fourth-order valence-corrected chi connectivity index (χ4v) is 4.76. The van der Waals surface area contributed by atoms with E-state index in [2.05, 4.69) is 4.98 Å². The highest BCUT2D eigenvalue weighted by atomic mass is 35.5. The van der Waals surface area contributed by atoms with Gasteiger partial charge in [-0.2, -0.15) is 0 Å². The number of amides is 1. The van der Waals surface area contributed by atoms with Crippen molar-refractivity contribution in [2.45, 2.75) is 13.0 Å². The maximum Gasteiger partial charge on any atom is 0.350 e. The van der Waals surface area contributed by atoms with Gasteiger partial charge in [0.15, 0.2) is 5.13 Å². The molecule has 3 aromatic rings. The van der Waals surface area contributed by atoms with Crippen molar-refractivity contribution in [3.63, 3.8) is 0 Å². The first-order valence-corrected chi connectivity index (χ1v) is 10.8. The molecule has 0 bridgehead atoms. The lowest BCUT2D eigenvalue weighted by Crippen LogP contribution is -2.29. The molecule has 0 radical (unpaired) electrons. The highest BCUT2D eigenvalue weighted by Gasteiger charge is 2.48. The van der Waals surface area contributed by atoms with Crippen molar-refractivity contribution in [3.05, 3.63) is 86.6 Å². The van der Waals surface area contributed by atoms with Gasteiger partial charge in [0.1, 0.15) is 16.5 Å². The zero-order valence-electron chi connectivity index (χ0n) is 17.3. The van der Waals surface area contributed by atoms with E-state index in [-0.39, 0.29) is 21.1 Å². The highest BCUT2D eigenvalue weighted by Crippen LogP contribution is 2.44. The molecule has 2 heterocycles. The second-order valence-corrected chi connectivity index (χ2v) is 8.55. The van der Waals surface area contributed by atoms with Crippen LogP contribution in [0.2, 0.25) is 5.02 Å². The number of methoxy groups -OCH3 is 1. The minimum atomic E-state index is -1.08. The van der Waals surface area contributed by atoms with Crippen molar-refractivity contribution in [2.24, 2.45) is 0 Å². The van der Waals surface area contributed by atoms with Crippen LogP contribution in [0.4, 0.5) is 9.52 Å². The Morgan fingerprint density at radius 1 is 1.21 bits per heavy atom.